The van der Waals surface area contributed by atoms with E-state index in [2.05, 4.69) is 28.6 Å². The van der Waals surface area contributed by atoms with E-state index in [0.717, 1.165) is 10.6 Å². The molecule has 2 aromatic carbocycles. The van der Waals surface area contributed by atoms with Gasteiger partial charge < -0.3 is 5.43 Å². The zero-order chi connectivity index (χ0) is 13.1. The topological polar surface area (TPSA) is 50.4 Å². The summed E-state index contributed by atoms with van der Waals surface area (Å²) in [5.74, 6) is 6.29. The summed E-state index contributed by atoms with van der Waals surface area (Å²) in [6.07, 6.45) is 0. The van der Waals surface area contributed by atoms with Crippen LogP contribution >= 0.6 is 11.3 Å². The maximum atomic E-state index is 5.60. The van der Waals surface area contributed by atoms with Crippen LogP contribution in [0.25, 0.3) is 10.1 Å². The molecule has 1 heterocycles. The van der Waals surface area contributed by atoms with Crippen LogP contribution in [0.2, 0.25) is 0 Å². The third kappa shape index (κ3) is 2.50. The van der Waals surface area contributed by atoms with E-state index >= 15 is 0 Å². The number of hydrazine groups is 1. The van der Waals surface area contributed by atoms with E-state index in [1.54, 1.807) is 11.3 Å². The van der Waals surface area contributed by atoms with Gasteiger partial charge in [-0.15, -0.1) is 11.3 Å². The first-order valence-electron chi connectivity index (χ1n) is 5.96. The minimum atomic E-state index is 0.687. The van der Waals surface area contributed by atoms with Gasteiger partial charge in [-0.1, -0.05) is 36.4 Å². The maximum absolute atomic E-state index is 5.60. The van der Waals surface area contributed by atoms with Gasteiger partial charge in [-0.25, -0.2) is 10.8 Å². The second kappa shape index (κ2) is 5.22. The van der Waals surface area contributed by atoms with Crippen molar-refractivity contribution in [2.24, 2.45) is 10.8 Å². The maximum Gasteiger partial charge on any atom is 0.158 e. The minimum Gasteiger partial charge on any atom is -0.307 e. The van der Waals surface area contributed by atoms with Crippen LogP contribution in [0.4, 0.5) is 5.69 Å². The summed E-state index contributed by atoms with van der Waals surface area (Å²) < 4.78 is 1.23. The first kappa shape index (κ1) is 11.9. The van der Waals surface area contributed by atoms with Crippen molar-refractivity contribution in [2.75, 3.05) is 0 Å². The Labute approximate surface area is 115 Å². The molecule has 0 unspecified atom stereocenters. The molecule has 0 saturated carbocycles. The number of fused-ring (bicyclic) bond motifs is 1. The lowest BCUT2D eigenvalue weighted by atomic mass is 10.2. The van der Waals surface area contributed by atoms with Crippen LogP contribution in [0.15, 0.2) is 65.7 Å². The van der Waals surface area contributed by atoms with Gasteiger partial charge in [-0.3, -0.25) is 0 Å². The molecule has 0 aliphatic heterocycles. The van der Waals surface area contributed by atoms with Gasteiger partial charge in [0.05, 0.1) is 10.6 Å². The SMILES string of the molecule is NNC(=Nc1ccccc1)c1cc2ccccc2s1. The van der Waals surface area contributed by atoms with Gasteiger partial charge >= 0.3 is 0 Å². The Bertz CT molecular complexity index is 683. The van der Waals surface area contributed by atoms with Crippen molar-refractivity contribution < 1.29 is 0 Å². The predicted molar refractivity (Wildman–Crippen MR) is 81.8 cm³/mol. The van der Waals surface area contributed by atoms with E-state index in [-0.39, 0.29) is 0 Å². The highest BCUT2D eigenvalue weighted by Crippen LogP contribution is 2.26. The number of aliphatic imine (C=N–C) groups is 1. The van der Waals surface area contributed by atoms with Gasteiger partial charge in [0.1, 0.15) is 0 Å². The van der Waals surface area contributed by atoms with Crippen LogP contribution in [-0.4, -0.2) is 5.84 Å². The van der Waals surface area contributed by atoms with Gasteiger partial charge in [-0.2, -0.15) is 0 Å². The number of thiophene rings is 1. The molecular formula is C15H13N3S. The summed E-state index contributed by atoms with van der Waals surface area (Å²) in [5, 5.41) is 1.21. The summed E-state index contributed by atoms with van der Waals surface area (Å²) in [4.78, 5) is 5.57. The molecule has 3 rings (SSSR count). The molecule has 0 aliphatic carbocycles. The van der Waals surface area contributed by atoms with Crippen molar-refractivity contribution in [2.45, 2.75) is 0 Å². The smallest absolute Gasteiger partial charge is 0.158 e. The highest BCUT2D eigenvalue weighted by Gasteiger charge is 2.07. The molecule has 0 spiro atoms. The Balaban J connectivity index is 2.04. The molecule has 0 radical (unpaired) electrons. The summed E-state index contributed by atoms with van der Waals surface area (Å²) in [6.45, 7) is 0. The highest BCUT2D eigenvalue weighted by molar-refractivity contribution is 7.20. The standard InChI is InChI=1S/C15H13N3S/c16-18-15(17-12-7-2-1-3-8-12)14-10-11-6-4-5-9-13(11)19-14/h1-10H,16H2,(H,17,18). The lowest BCUT2D eigenvalue weighted by Crippen LogP contribution is -2.30. The quantitative estimate of drug-likeness (QED) is 0.323. The van der Waals surface area contributed by atoms with E-state index in [1.165, 1.54) is 10.1 Å². The molecule has 94 valence electrons. The molecule has 1 aromatic heterocycles. The Morgan fingerprint density at radius 3 is 2.47 bits per heavy atom. The molecule has 3 aromatic rings. The number of hydrogen-bond donors (Lipinski definition) is 2. The molecule has 0 amide bonds. The van der Waals surface area contributed by atoms with Crippen LogP contribution in [0.5, 0.6) is 0 Å². The van der Waals surface area contributed by atoms with Crippen molar-refractivity contribution >= 4 is 32.9 Å². The van der Waals surface area contributed by atoms with E-state index in [1.807, 2.05) is 42.5 Å². The van der Waals surface area contributed by atoms with Gasteiger partial charge in [-0.05, 0) is 29.7 Å². The Hall–Kier alpha value is -2.17. The molecule has 0 bridgehead atoms. The Morgan fingerprint density at radius 1 is 1.00 bits per heavy atom. The Morgan fingerprint density at radius 2 is 1.74 bits per heavy atom. The normalized spacial score (nSPS) is 11.7. The van der Waals surface area contributed by atoms with E-state index in [9.17, 15) is 0 Å². The third-order valence-corrected chi connectivity index (χ3v) is 3.92. The lowest BCUT2D eigenvalue weighted by Gasteiger charge is -2.02. The number of para-hydroxylation sites is 1. The number of nitrogens with one attached hydrogen (secondary N) is 1. The average molecular weight is 267 g/mol. The van der Waals surface area contributed by atoms with Gasteiger partial charge in [0, 0.05) is 4.70 Å². The monoisotopic (exact) mass is 267 g/mol. The lowest BCUT2D eigenvalue weighted by molar-refractivity contribution is 1.03. The van der Waals surface area contributed by atoms with E-state index in [4.69, 9.17) is 5.84 Å². The second-order valence-corrected chi connectivity index (χ2v) is 5.17. The second-order valence-electron chi connectivity index (χ2n) is 4.09. The van der Waals surface area contributed by atoms with Crippen LogP contribution in [0.3, 0.4) is 0 Å². The molecule has 0 saturated heterocycles. The first-order valence-corrected chi connectivity index (χ1v) is 6.78. The first-order chi connectivity index (χ1) is 9.36. The van der Waals surface area contributed by atoms with Gasteiger partial charge in [0.15, 0.2) is 5.84 Å². The number of hydrogen-bond acceptors (Lipinski definition) is 3. The summed E-state index contributed by atoms with van der Waals surface area (Å²) in [6, 6.07) is 20.1. The molecule has 0 atom stereocenters. The van der Waals surface area contributed by atoms with Gasteiger partial charge in [0.25, 0.3) is 0 Å². The molecule has 19 heavy (non-hydrogen) atoms. The molecular weight excluding hydrogens is 254 g/mol. The number of nitrogens with zero attached hydrogens (tertiary/aromatic N) is 1. The van der Waals surface area contributed by atoms with Gasteiger partial charge in [0.2, 0.25) is 0 Å². The van der Waals surface area contributed by atoms with Crippen LogP contribution < -0.4 is 11.3 Å². The van der Waals surface area contributed by atoms with Crippen molar-refractivity contribution in [1.29, 1.82) is 0 Å². The Kier molecular flexibility index (Phi) is 3.27. The molecule has 3 nitrogen and oxygen atoms in total. The number of benzene rings is 2. The van der Waals surface area contributed by atoms with Crippen molar-refractivity contribution in [1.82, 2.24) is 5.43 Å². The third-order valence-electron chi connectivity index (χ3n) is 2.79. The molecule has 3 N–H and O–H groups in total. The van der Waals surface area contributed by atoms with Crippen LogP contribution in [0, 0.1) is 0 Å². The van der Waals surface area contributed by atoms with E-state index in [0.29, 0.717) is 5.84 Å². The van der Waals surface area contributed by atoms with E-state index < -0.39 is 0 Å². The number of rotatable bonds is 2. The zero-order valence-electron chi connectivity index (χ0n) is 10.2. The van der Waals surface area contributed by atoms with Crippen LogP contribution in [0.1, 0.15) is 4.88 Å². The number of nitrogens with two attached hydrogens (primary N) is 1. The largest absolute Gasteiger partial charge is 0.307 e. The zero-order valence-corrected chi connectivity index (χ0v) is 11.0. The summed E-state index contributed by atoms with van der Waals surface area (Å²) >= 11 is 1.68. The molecule has 4 heteroatoms. The minimum absolute atomic E-state index is 0.687. The fourth-order valence-corrected chi connectivity index (χ4v) is 2.90. The number of amidine groups is 1. The fraction of sp³-hybridized carbons (Fsp3) is 0. The van der Waals surface area contributed by atoms with Crippen LogP contribution in [-0.2, 0) is 0 Å². The fourth-order valence-electron chi connectivity index (χ4n) is 1.89. The molecule has 0 fully saturated rings. The van der Waals surface area contributed by atoms with Crippen molar-refractivity contribution in [3.8, 4) is 0 Å². The van der Waals surface area contributed by atoms with Crippen molar-refractivity contribution in [3.63, 3.8) is 0 Å². The predicted octanol–water partition coefficient (Wildman–Crippen LogP) is 3.44. The highest BCUT2D eigenvalue weighted by atomic mass is 32.1. The molecule has 0 aliphatic rings. The summed E-state index contributed by atoms with van der Waals surface area (Å²) in [5.41, 5.74) is 3.57. The van der Waals surface area contributed by atoms with Crippen molar-refractivity contribution in [3.05, 3.63) is 65.5 Å². The average Bonchev–Trinajstić information content (AvgIpc) is 2.89. The summed E-state index contributed by atoms with van der Waals surface area (Å²) in [7, 11) is 0.